The number of fused-ring (bicyclic) bond motifs is 1. The predicted octanol–water partition coefficient (Wildman–Crippen LogP) is 5.29. The van der Waals surface area contributed by atoms with Crippen LogP contribution in [0.2, 0.25) is 35.7 Å². The van der Waals surface area contributed by atoms with E-state index in [1.54, 1.807) is 0 Å². The lowest BCUT2D eigenvalue weighted by molar-refractivity contribution is -0.678. The lowest BCUT2D eigenvalue weighted by atomic mass is 10.3. The highest BCUT2D eigenvalue weighted by Crippen LogP contribution is 2.27. The van der Waals surface area contributed by atoms with Gasteiger partial charge in [-0.3, -0.25) is 0 Å². The third-order valence-electron chi connectivity index (χ3n) is 4.01. The van der Waals surface area contributed by atoms with Gasteiger partial charge in [0.15, 0.2) is 11.0 Å². The summed E-state index contributed by atoms with van der Waals surface area (Å²) in [5.74, 6) is 1.28. The van der Waals surface area contributed by atoms with Crippen LogP contribution in [0.1, 0.15) is 19.2 Å². The second-order valence-electron chi connectivity index (χ2n) is 6.86. The van der Waals surface area contributed by atoms with Crippen LogP contribution >= 0.6 is 23.2 Å². The van der Waals surface area contributed by atoms with Gasteiger partial charge in [-0.25, -0.2) is 9.13 Å². The third-order valence-corrected chi connectivity index (χ3v) is 6.58. The molecule has 116 valence electrons. The molecule has 0 amide bonds. The van der Waals surface area contributed by atoms with Crippen LogP contribution in [0.15, 0.2) is 12.1 Å². The molecule has 2 aromatic rings. The number of aromatic nitrogens is 2. The molecule has 2 nitrogen and oxygen atoms in total. The van der Waals surface area contributed by atoms with Crippen molar-refractivity contribution in [3.8, 4) is 0 Å². The minimum absolute atomic E-state index is 0.630. The number of hydrogen-bond donors (Lipinski definition) is 0. The van der Waals surface area contributed by atoms with E-state index >= 15 is 0 Å². The summed E-state index contributed by atoms with van der Waals surface area (Å²) in [5, 5.41) is 1.27. The maximum atomic E-state index is 6.22. The number of aryl methyl sites for hydroxylation is 2. The van der Waals surface area contributed by atoms with Gasteiger partial charge >= 0.3 is 0 Å². The Bertz CT molecular complexity index is 657. The van der Waals surface area contributed by atoms with E-state index in [2.05, 4.69) is 42.6 Å². The van der Waals surface area contributed by atoms with Crippen molar-refractivity contribution < 1.29 is 4.57 Å². The topological polar surface area (TPSA) is 8.81 Å². The van der Waals surface area contributed by atoms with E-state index < -0.39 is 8.07 Å². The molecule has 0 saturated carbocycles. The largest absolute Gasteiger partial charge is 0.254 e. The van der Waals surface area contributed by atoms with Crippen LogP contribution in [0.25, 0.3) is 11.0 Å². The van der Waals surface area contributed by atoms with Gasteiger partial charge in [-0.2, -0.15) is 0 Å². The number of halogens is 2. The van der Waals surface area contributed by atoms with Gasteiger partial charge in [0.2, 0.25) is 0 Å². The lowest BCUT2D eigenvalue weighted by Crippen LogP contribution is -2.37. The second kappa shape index (κ2) is 6.31. The van der Waals surface area contributed by atoms with Crippen molar-refractivity contribution in [1.82, 2.24) is 4.57 Å². The summed E-state index contributed by atoms with van der Waals surface area (Å²) in [6, 6.07) is 5.34. The number of imidazole rings is 1. The quantitative estimate of drug-likeness (QED) is 0.515. The highest BCUT2D eigenvalue weighted by atomic mass is 35.5. The fourth-order valence-corrected chi connectivity index (χ4v) is 4.44. The monoisotopic (exact) mass is 343 g/mol. The zero-order valence-electron chi connectivity index (χ0n) is 13.6. The number of hydrogen-bond acceptors (Lipinski definition) is 0. The van der Waals surface area contributed by atoms with Crippen molar-refractivity contribution in [2.24, 2.45) is 0 Å². The van der Waals surface area contributed by atoms with Gasteiger partial charge < -0.3 is 0 Å². The Labute approximate surface area is 138 Å². The first-order chi connectivity index (χ1) is 9.74. The lowest BCUT2D eigenvalue weighted by Gasteiger charge is -2.14. The van der Waals surface area contributed by atoms with Gasteiger partial charge in [-0.15, -0.1) is 0 Å². The first kappa shape index (κ1) is 16.9. The molecule has 0 unspecified atom stereocenters. The van der Waals surface area contributed by atoms with Gasteiger partial charge in [0.05, 0.1) is 23.1 Å². The highest BCUT2D eigenvalue weighted by molar-refractivity contribution is 6.76. The smallest absolute Gasteiger partial charge is 0.228 e. The van der Waals surface area contributed by atoms with Crippen LogP contribution in [0.3, 0.4) is 0 Å². The minimum Gasteiger partial charge on any atom is -0.228 e. The molecule has 0 spiro atoms. The standard InChI is InChI=1S/C16H25Cl2N2Si/c1-6-19-12(2)20(8-7-9-21(3,4)5)16-11-14(18)13(17)10-15(16)19/h10-11H,6-9H2,1-5H3/q+1. The van der Waals surface area contributed by atoms with Crippen LogP contribution in [0.5, 0.6) is 0 Å². The highest BCUT2D eigenvalue weighted by Gasteiger charge is 2.22. The fraction of sp³-hybridized carbons (Fsp3) is 0.562. The molecule has 2 rings (SSSR count). The van der Waals surface area contributed by atoms with Crippen molar-refractivity contribution in [2.45, 2.75) is 59.0 Å². The normalized spacial score (nSPS) is 12.3. The molecular formula is C16H25Cl2N2Si+. The molecule has 0 atom stereocenters. The molecule has 0 aliphatic heterocycles. The Morgan fingerprint density at radius 3 is 2.33 bits per heavy atom. The molecule has 1 heterocycles. The van der Waals surface area contributed by atoms with Crippen molar-refractivity contribution in [1.29, 1.82) is 0 Å². The van der Waals surface area contributed by atoms with Crippen LogP contribution in [-0.2, 0) is 13.1 Å². The average molecular weight is 344 g/mol. The van der Waals surface area contributed by atoms with E-state index in [0.29, 0.717) is 10.0 Å². The summed E-state index contributed by atoms with van der Waals surface area (Å²) < 4.78 is 4.70. The van der Waals surface area contributed by atoms with Crippen molar-refractivity contribution in [3.63, 3.8) is 0 Å². The SMILES string of the molecule is CCn1c(C)[n+](CCC[Si](C)(C)C)c2cc(Cl)c(Cl)cc21. The Morgan fingerprint density at radius 2 is 1.76 bits per heavy atom. The summed E-state index contributed by atoms with van der Waals surface area (Å²) >= 11 is 12.4. The van der Waals surface area contributed by atoms with Crippen LogP contribution < -0.4 is 4.57 Å². The molecule has 0 aliphatic carbocycles. The van der Waals surface area contributed by atoms with Gasteiger partial charge in [-0.1, -0.05) is 48.9 Å². The molecule has 1 aromatic heterocycles. The summed E-state index contributed by atoms with van der Waals surface area (Å²) in [6.45, 7) is 13.6. The van der Waals surface area contributed by atoms with Crippen molar-refractivity contribution in [3.05, 3.63) is 28.0 Å². The second-order valence-corrected chi connectivity index (χ2v) is 13.3. The zero-order valence-corrected chi connectivity index (χ0v) is 16.1. The molecule has 1 aromatic carbocycles. The van der Waals surface area contributed by atoms with E-state index in [0.717, 1.165) is 13.1 Å². The van der Waals surface area contributed by atoms with Crippen molar-refractivity contribution in [2.75, 3.05) is 0 Å². The average Bonchev–Trinajstić information content (AvgIpc) is 2.61. The van der Waals surface area contributed by atoms with E-state index in [-0.39, 0.29) is 0 Å². The molecule has 0 saturated heterocycles. The molecule has 5 heteroatoms. The summed E-state index contributed by atoms with van der Waals surface area (Å²) in [7, 11) is -0.985. The molecule has 0 aliphatic rings. The molecule has 0 N–H and O–H groups in total. The van der Waals surface area contributed by atoms with Crippen LogP contribution in [0.4, 0.5) is 0 Å². The molecule has 0 fully saturated rings. The van der Waals surface area contributed by atoms with Gasteiger partial charge in [0.1, 0.15) is 0 Å². The minimum atomic E-state index is -0.985. The Hall–Kier alpha value is -0.513. The van der Waals surface area contributed by atoms with Crippen LogP contribution in [0, 0.1) is 6.92 Å². The van der Waals surface area contributed by atoms with Gasteiger partial charge in [-0.05, 0) is 13.3 Å². The first-order valence-corrected chi connectivity index (χ1v) is 12.1. The maximum absolute atomic E-state index is 6.22. The summed E-state index contributed by atoms with van der Waals surface area (Å²) in [5.41, 5.74) is 2.37. The zero-order chi connectivity index (χ0) is 15.8. The summed E-state index contributed by atoms with van der Waals surface area (Å²) in [4.78, 5) is 0. The Kier molecular flexibility index (Phi) is 5.06. The summed E-state index contributed by atoms with van der Waals surface area (Å²) in [6.07, 6.45) is 1.23. The molecule has 0 bridgehead atoms. The number of benzene rings is 1. The van der Waals surface area contributed by atoms with E-state index in [4.69, 9.17) is 23.2 Å². The third kappa shape index (κ3) is 3.64. The number of nitrogens with zero attached hydrogens (tertiary/aromatic N) is 2. The number of rotatable bonds is 5. The van der Waals surface area contributed by atoms with Crippen LogP contribution in [-0.4, -0.2) is 12.6 Å². The maximum Gasteiger partial charge on any atom is 0.254 e. The fourth-order valence-electron chi connectivity index (χ4n) is 2.90. The van der Waals surface area contributed by atoms with Crippen molar-refractivity contribution >= 4 is 42.3 Å². The first-order valence-electron chi connectivity index (χ1n) is 7.62. The van der Waals surface area contributed by atoms with E-state index in [1.165, 1.54) is 29.3 Å². The van der Waals surface area contributed by atoms with Gasteiger partial charge in [0.25, 0.3) is 5.82 Å². The molecule has 0 radical (unpaired) electrons. The Balaban J connectivity index is 2.43. The molecular weight excluding hydrogens is 319 g/mol. The van der Waals surface area contributed by atoms with E-state index in [1.807, 2.05) is 12.1 Å². The Morgan fingerprint density at radius 1 is 1.14 bits per heavy atom. The molecule has 21 heavy (non-hydrogen) atoms. The van der Waals surface area contributed by atoms with E-state index in [9.17, 15) is 0 Å². The predicted molar refractivity (Wildman–Crippen MR) is 95.3 cm³/mol. The van der Waals surface area contributed by atoms with Gasteiger partial charge in [0, 0.05) is 27.1 Å².